The maximum absolute atomic E-state index is 12.7. The second-order valence-corrected chi connectivity index (χ2v) is 5.86. The van der Waals surface area contributed by atoms with Crippen molar-refractivity contribution >= 4 is 11.9 Å². The molecule has 2 aromatic rings. The van der Waals surface area contributed by atoms with Crippen molar-refractivity contribution in [2.45, 2.75) is 31.3 Å². The predicted octanol–water partition coefficient (Wildman–Crippen LogP) is 1.78. The molecule has 1 N–H and O–H groups in total. The van der Waals surface area contributed by atoms with E-state index >= 15 is 0 Å². The van der Waals surface area contributed by atoms with Crippen LogP contribution in [0, 0.1) is 0 Å². The topological polar surface area (TPSA) is 75.4 Å². The molecule has 1 saturated heterocycles. The van der Waals surface area contributed by atoms with Crippen LogP contribution >= 0.6 is 0 Å². The third-order valence-electron chi connectivity index (χ3n) is 4.26. The summed E-state index contributed by atoms with van der Waals surface area (Å²) in [7, 11) is 1.79. The highest BCUT2D eigenvalue weighted by molar-refractivity contribution is 5.86. The monoisotopic (exact) mass is 313 g/mol. The molecular weight excluding hydrogens is 294 g/mol. The average Bonchev–Trinajstić information content (AvgIpc) is 3.14. The van der Waals surface area contributed by atoms with Gasteiger partial charge in [-0.3, -0.25) is 9.48 Å². The van der Waals surface area contributed by atoms with Gasteiger partial charge in [0.2, 0.25) is 5.91 Å². The maximum atomic E-state index is 12.7. The quantitative estimate of drug-likeness (QED) is 0.933. The first kappa shape index (κ1) is 15.3. The number of aliphatic carboxylic acids is 1. The van der Waals surface area contributed by atoms with Crippen LogP contribution in [0.5, 0.6) is 0 Å². The number of nitrogens with zero attached hydrogens (tertiary/aromatic N) is 3. The van der Waals surface area contributed by atoms with Crippen LogP contribution in [-0.4, -0.2) is 37.7 Å². The zero-order valence-corrected chi connectivity index (χ0v) is 12.9. The largest absolute Gasteiger partial charge is 0.480 e. The van der Waals surface area contributed by atoms with Crippen LogP contribution in [0.1, 0.15) is 30.0 Å². The minimum atomic E-state index is -0.942. The van der Waals surface area contributed by atoms with E-state index in [4.69, 9.17) is 0 Å². The Hall–Kier alpha value is -2.63. The van der Waals surface area contributed by atoms with Gasteiger partial charge in [-0.2, -0.15) is 5.10 Å². The van der Waals surface area contributed by atoms with Crippen LogP contribution in [0.2, 0.25) is 0 Å². The zero-order chi connectivity index (χ0) is 16.4. The normalized spacial score (nSPS) is 20.7. The van der Waals surface area contributed by atoms with Gasteiger partial charge in [0.1, 0.15) is 6.04 Å². The van der Waals surface area contributed by atoms with Gasteiger partial charge < -0.3 is 10.0 Å². The van der Waals surface area contributed by atoms with Crippen molar-refractivity contribution in [2.24, 2.45) is 7.05 Å². The van der Waals surface area contributed by atoms with Crippen molar-refractivity contribution in [1.82, 2.24) is 14.7 Å². The van der Waals surface area contributed by atoms with E-state index in [2.05, 4.69) is 5.10 Å². The lowest BCUT2D eigenvalue weighted by Gasteiger charge is -2.28. The summed E-state index contributed by atoms with van der Waals surface area (Å²) < 4.78 is 1.63. The zero-order valence-electron chi connectivity index (χ0n) is 12.9. The van der Waals surface area contributed by atoms with E-state index in [1.54, 1.807) is 24.1 Å². The maximum Gasteiger partial charge on any atom is 0.326 e. The molecule has 0 aliphatic carbocycles. The summed E-state index contributed by atoms with van der Waals surface area (Å²) in [6.45, 7) is 0. The number of hydrogen-bond acceptors (Lipinski definition) is 3. The molecule has 0 radical (unpaired) electrons. The fraction of sp³-hybridized carbons (Fsp3) is 0.353. The van der Waals surface area contributed by atoms with E-state index in [1.165, 1.54) is 4.90 Å². The van der Waals surface area contributed by atoms with Gasteiger partial charge in [-0.1, -0.05) is 30.3 Å². The van der Waals surface area contributed by atoms with Crippen molar-refractivity contribution in [3.05, 3.63) is 53.9 Å². The molecule has 1 aromatic carbocycles. The van der Waals surface area contributed by atoms with Crippen molar-refractivity contribution in [3.8, 4) is 0 Å². The van der Waals surface area contributed by atoms with Crippen molar-refractivity contribution in [1.29, 1.82) is 0 Å². The Morgan fingerprint density at radius 3 is 2.61 bits per heavy atom. The average molecular weight is 313 g/mol. The highest BCUT2D eigenvalue weighted by Crippen LogP contribution is 2.36. The summed E-state index contributed by atoms with van der Waals surface area (Å²) in [5.74, 6) is -1.11. The lowest BCUT2D eigenvalue weighted by Crippen LogP contribution is -2.42. The number of carboxylic acids is 1. The molecule has 120 valence electrons. The summed E-state index contributed by atoms with van der Waals surface area (Å²) in [6, 6.07) is 8.68. The molecule has 6 nitrogen and oxygen atoms in total. The minimum absolute atomic E-state index is 0.168. The summed E-state index contributed by atoms with van der Waals surface area (Å²) >= 11 is 0. The Bertz CT molecular complexity index is 711. The van der Waals surface area contributed by atoms with Crippen LogP contribution in [0.25, 0.3) is 0 Å². The van der Waals surface area contributed by atoms with Gasteiger partial charge in [0.25, 0.3) is 0 Å². The van der Waals surface area contributed by atoms with E-state index < -0.39 is 12.0 Å². The van der Waals surface area contributed by atoms with E-state index in [-0.39, 0.29) is 18.4 Å². The molecule has 23 heavy (non-hydrogen) atoms. The van der Waals surface area contributed by atoms with Gasteiger partial charge in [-0.25, -0.2) is 4.79 Å². The van der Waals surface area contributed by atoms with Crippen molar-refractivity contribution in [2.75, 3.05) is 0 Å². The second-order valence-electron chi connectivity index (χ2n) is 5.86. The standard InChI is InChI=1S/C17H19N3O3/c1-19-11-12(10-18-19)9-16(21)20-14(7-8-15(20)17(22)23)13-5-3-2-4-6-13/h2-6,10-11,14-15H,7-9H2,1H3,(H,22,23)/t14-,15?/m0/s1. The predicted molar refractivity (Wildman–Crippen MR) is 83.6 cm³/mol. The third-order valence-corrected chi connectivity index (χ3v) is 4.26. The molecule has 0 bridgehead atoms. The fourth-order valence-corrected chi connectivity index (χ4v) is 3.23. The van der Waals surface area contributed by atoms with Gasteiger partial charge in [-0.15, -0.1) is 0 Å². The smallest absolute Gasteiger partial charge is 0.326 e. The van der Waals surface area contributed by atoms with Crippen LogP contribution in [0.15, 0.2) is 42.7 Å². The molecule has 1 unspecified atom stereocenters. The van der Waals surface area contributed by atoms with Crippen LogP contribution in [0.4, 0.5) is 0 Å². The Balaban J connectivity index is 1.86. The number of benzene rings is 1. The van der Waals surface area contributed by atoms with Crippen LogP contribution < -0.4 is 0 Å². The first-order chi connectivity index (χ1) is 11.1. The highest BCUT2D eigenvalue weighted by atomic mass is 16.4. The summed E-state index contributed by atoms with van der Waals surface area (Å²) in [4.78, 5) is 25.8. The Labute approximate surface area is 134 Å². The second kappa shape index (κ2) is 6.24. The molecule has 1 aromatic heterocycles. The molecule has 6 heteroatoms. The molecule has 2 atom stereocenters. The van der Waals surface area contributed by atoms with E-state index in [0.717, 1.165) is 11.1 Å². The van der Waals surface area contributed by atoms with Crippen LogP contribution in [-0.2, 0) is 23.1 Å². The van der Waals surface area contributed by atoms with Gasteiger partial charge in [0.05, 0.1) is 18.7 Å². The summed E-state index contributed by atoms with van der Waals surface area (Å²) in [6.07, 6.45) is 4.73. The molecule has 0 spiro atoms. The first-order valence-corrected chi connectivity index (χ1v) is 7.62. The van der Waals surface area contributed by atoms with E-state index in [0.29, 0.717) is 12.8 Å². The number of amides is 1. The molecule has 3 rings (SSSR count). The number of aryl methyl sites for hydroxylation is 1. The van der Waals surface area contributed by atoms with E-state index in [9.17, 15) is 14.7 Å². The number of aromatic nitrogens is 2. The number of likely N-dealkylation sites (tertiary alicyclic amines) is 1. The SMILES string of the molecule is Cn1cc(CC(=O)N2C(C(=O)O)CC[C@H]2c2ccccc2)cn1. The molecule has 1 fully saturated rings. The van der Waals surface area contributed by atoms with E-state index in [1.807, 2.05) is 30.3 Å². The molecule has 2 heterocycles. The third kappa shape index (κ3) is 3.11. The number of rotatable bonds is 4. The Morgan fingerprint density at radius 2 is 2.00 bits per heavy atom. The molecule has 1 aliphatic rings. The minimum Gasteiger partial charge on any atom is -0.480 e. The number of carbonyl (C=O) groups is 2. The molecular formula is C17H19N3O3. The van der Waals surface area contributed by atoms with Crippen molar-refractivity contribution < 1.29 is 14.7 Å². The Kier molecular flexibility index (Phi) is 4.14. The number of hydrogen-bond donors (Lipinski definition) is 1. The van der Waals surface area contributed by atoms with Gasteiger partial charge in [0, 0.05) is 13.2 Å². The highest BCUT2D eigenvalue weighted by Gasteiger charge is 2.41. The first-order valence-electron chi connectivity index (χ1n) is 7.62. The molecule has 1 aliphatic heterocycles. The number of carbonyl (C=O) groups excluding carboxylic acids is 1. The van der Waals surface area contributed by atoms with Gasteiger partial charge in [-0.05, 0) is 24.0 Å². The Morgan fingerprint density at radius 1 is 1.26 bits per heavy atom. The fourth-order valence-electron chi connectivity index (χ4n) is 3.23. The summed E-state index contributed by atoms with van der Waals surface area (Å²) in [5, 5.41) is 13.5. The lowest BCUT2D eigenvalue weighted by atomic mass is 10.0. The molecule has 1 amide bonds. The lowest BCUT2D eigenvalue weighted by molar-refractivity contribution is -0.149. The van der Waals surface area contributed by atoms with Gasteiger partial charge >= 0.3 is 5.97 Å². The summed E-state index contributed by atoms with van der Waals surface area (Å²) in [5.41, 5.74) is 1.77. The van der Waals surface area contributed by atoms with Gasteiger partial charge in [0.15, 0.2) is 0 Å². The van der Waals surface area contributed by atoms with Crippen molar-refractivity contribution in [3.63, 3.8) is 0 Å². The molecule has 0 saturated carbocycles. The number of carboxylic acid groups (broad SMARTS) is 1. The van der Waals surface area contributed by atoms with Crippen LogP contribution in [0.3, 0.4) is 0 Å².